The lowest BCUT2D eigenvalue weighted by Gasteiger charge is -2.16. The first-order valence-electron chi connectivity index (χ1n) is 4.07. The molecule has 0 aromatic carbocycles. The van der Waals surface area contributed by atoms with Gasteiger partial charge in [-0.25, -0.2) is 4.79 Å². The van der Waals surface area contributed by atoms with Crippen molar-refractivity contribution in [2.75, 3.05) is 0 Å². The normalized spacial score (nSPS) is 12.6. The Morgan fingerprint density at radius 1 is 1.06 bits per heavy atom. The Kier molecular flexibility index (Phi) is 11.5. The second kappa shape index (κ2) is 10.1. The molecule has 0 N–H and O–H groups in total. The van der Waals surface area contributed by atoms with Crippen molar-refractivity contribution in [1.82, 2.24) is 0 Å². The number of aliphatic carboxylic acids is 1. The summed E-state index contributed by atoms with van der Waals surface area (Å²) in [6, 6.07) is 0. The van der Waals surface area contributed by atoms with Crippen molar-refractivity contribution in [3.05, 3.63) is 0 Å². The lowest BCUT2D eigenvalue weighted by molar-refractivity contribution is -0.315. The van der Waals surface area contributed by atoms with Gasteiger partial charge in [0.2, 0.25) is 0 Å². The van der Waals surface area contributed by atoms with Crippen LogP contribution >= 0.6 is 37.2 Å². The molecule has 2 atom stereocenters. The van der Waals surface area contributed by atoms with Crippen LogP contribution < -0.4 is 5.11 Å². The highest BCUT2D eigenvalue weighted by molar-refractivity contribution is 15.0. The monoisotopic (exact) mass is 457 g/mol. The van der Waals surface area contributed by atoms with Crippen LogP contribution in [0.1, 0.15) is 20.8 Å². The minimum absolute atomic E-state index is 0.643. The average molecular weight is 457 g/mol. The Balaban J connectivity index is 0. The van der Waals surface area contributed by atoms with Crippen LogP contribution in [-0.4, -0.2) is 30.1 Å². The SMILES string of the molecule is CC(=O)OC(C)C(=O)OC(C)C(=O)[O-].II. The quantitative estimate of drug-likeness (QED) is 0.449. The van der Waals surface area contributed by atoms with Gasteiger partial charge in [-0.15, -0.1) is 0 Å². The molecule has 0 heterocycles. The summed E-state index contributed by atoms with van der Waals surface area (Å²) in [5.41, 5.74) is 0. The summed E-state index contributed by atoms with van der Waals surface area (Å²) < 4.78 is 8.86. The van der Waals surface area contributed by atoms with Gasteiger partial charge in [0, 0.05) is 44.2 Å². The van der Waals surface area contributed by atoms with Crippen molar-refractivity contribution in [3.8, 4) is 0 Å². The number of rotatable bonds is 4. The van der Waals surface area contributed by atoms with E-state index in [0.29, 0.717) is 0 Å². The molecule has 16 heavy (non-hydrogen) atoms. The third kappa shape index (κ3) is 9.12. The Labute approximate surface area is 116 Å². The fourth-order valence-electron chi connectivity index (χ4n) is 0.615. The minimum atomic E-state index is -1.51. The summed E-state index contributed by atoms with van der Waals surface area (Å²) >= 11 is 4.24. The van der Waals surface area contributed by atoms with Gasteiger partial charge >= 0.3 is 11.9 Å². The van der Waals surface area contributed by atoms with Crippen LogP contribution in [-0.2, 0) is 23.9 Å². The summed E-state index contributed by atoms with van der Waals surface area (Å²) in [5, 5.41) is 10.2. The van der Waals surface area contributed by atoms with Crippen LogP contribution in [0.25, 0.3) is 0 Å². The highest BCUT2D eigenvalue weighted by Gasteiger charge is 2.20. The number of halogens is 2. The fourth-order valence-corrected chi connectivity index (χ4v) is 0.615. The van der Waals surface area contributed by atoms with Gasteiger partial charge < -0.3 is 19.4 Å². The number of hydrogen-bond donors (Lipinski definition) is 0. The van der Waals surface area contributed by atoms with Gasteiger partial charge in [0.1, 0.15) is 6.10 Å². The smallest absolute Gasteiger partial charge is 0.347 e. The van der Waals surface area contributed by atoms with Gasteiger partial charge in [0.25, 0.3) is 0 Å². The molecule has 0 aliphatic heterocycles. The molecule has 0 saturated heterocycles. The van der Waals surface area contributed by atoms with E-state index in [-0.39, 0.29) is 0 Å². The zero-order chi connectivity index (χ0) is 13.3. The van der Waals surface area contributed by atoms with Crippen molar-refractivity contribution in [3.63, 3.8) is 0 Å². The van der Waals surface area contributed by atoms with E-state index >= 15 is 0 Å². The van der Waals surface area contributed by atoms with Crippen LogP contribution in [0.3, 0.4) is 0 Å². The second-order valence-electron chi connectivity index (χ2n) is 2.65. The number of carboxylic acids is 1. The number of carbonyl (C=O) groups is 3. The van der Waals surface area contributed by atoms with Gasteiger partial charge in [0.05, 0.1) is 5.97 Å². The predicted molar refractivity (Wildman–Crippen MR) is 69.8 cm³/mol. The van der Waals surface area contributed by atoms with Crippen LogP contribution in [0.4, 0.5) is 0 Å². The number of carbonyl (C=O) groups excluding carboxylic acids is 3. The minimum Gasteiger partial charge on any atom is -0.546 e. The number of esters is 2. The lowest BCUT2D eigenvalue weighted by atomic mass is 10.4. The average Bonchev–Trinajstić information content (AvgIpc) is 2.19. The van der Waals surface area contributed by atoms with Crippen LogP contribution in [0, 0.1) is 0 Å². The first-order valence-corrected chi connectivity index (χ1v) is 10.4. The second-order valence-corrected chi connectivity index (χ2v) is 2.65. The molecule has 0 saturated carbocycles. The molecule has 8 heteroatoms. The van der Waals surface area contributed by atoms with Crippen molar-refractivity contribution in [2.24, 2.45) is 0 Å². The van der Waals surface area contributed by atoms with E-state index in [0.717, 1.165) is 13.8 Å². The van der Waals surface area contributed by atoms with Crippen molar-refractivity contribution < 1.29 is 29.0 Å². The van der Waals surface area contributed by atoms with Crippen LogP contribution in [0.15, 0.2) is 0 Å². The lowest BCUT2D eigenvalue weighted by Crippen LogP contribution is -2.39. The van der Waals surface area contributed by atoms with Gasteiger partial charge in [-0.05, 0) is 13.8 Å². The van der Waals surface area contributed by atoms with Gasteiger partial charge in [0.15, 0.2) is 6.10 Å². The Hall–Kier alpha value is -0.130. The van der Waals surface area contributed by atoms with E-state index < -0.39 is 30.1 Å². The summed E-state index contributed by atoms with van der Waals surface area (Å²) in [4.78, 5) is 31.6. The Morgan fingerprint density at radius 3 is 1.81 bits per heavy atom. The van der Waals surface area contributed by atoms with Crippen LogP contribution in [0.2, 0.25) is 0 Å². The molecule has 0 bridgehead atoms. The molecule has 0 fully saturated rings. The highest BCUT2D eigenvalue weighted by Crippen LogP contribution is 1.98. The molecule has 0 spiro atoms. The molecular weight excluding hydrogens is 446 g/mol. The molecule has 0 aliphatic rings. The van der Waals surface area contributed by atoms with Crippen LogP contribution in [0.5, 0.6) is 0 Å². The van der Waals surface area contributed by atoms with Gasteiger partial charge in [-0.3, -0.25) is 4.79 Å². The third-order valence-electron chi connectivity index (χ3n) is 1.30. The highest BCUT2D eigenvalue weighted by atomic mass is 128. The standard InChI is InChI=1S/C8H12O6.I2/c1-4(7(10)11)14-8(12)5(2)13-6(3)9;1-2/h4-5H,1-3H3,(H,10,11);/p-1. The summed E-state index contributed by atoms with van der Waals surface area (Å²) in [5.74, 6) is -3.07. The first kappa shape index (κ1) is 18.2. The van der Waals surface area contributed by atoms with E-state index in [1.54, 1.807) is 0 Å². The maximum absolute atomic E-state index is 11.0. The van der Waals surface area contributed by atoms with E-state index in [1.807, 2.05) is 0 Å². The van der Waals surface area contributed by atoms with Gasteiger partial charge in [-0.1, -0.05) is 0 Å². The van der Waals surface area contributed by atoms with Crippen molar-refractivity contribution in [2.45, 2.75) is 33.0 Å². The van der Waals surface area contributed by atoms with Crippen molar-refractivity contribution in [1.29, 1.82) is 0 Å². The van der Waals surface area contributed by atoms with E-state index in [9.17, 15) is 19.5 Å². The maximum Gasteiger partial charge on any atom is 0.347 e. The summed E-state index contributed by atoms with van der Waals surface area (Å²) in [6.07, 6.45) is -2.48. The van der Waals surface area contributed by atoms with Gasteiger partial charge in [-0.2, -0.15) is 0 Å². The molecule has 0 radical (unpaired) electrons. The third-order valence-corrected chi connectivity index (χ3v) is 1.30. The molecule has 0 aromatic heterocycles. The summed E-state index contributed by atoms with van der Waals surface area (Å²) in [7, 11) is 0. The Morgan fingerprint density at radius 2 is 1.50 bits per heavy atom. The maximum atomic E-state index is 11.0. The number of hydrogen-bond acceptors (Lipinski definition) is 6. The van der Waals surface area contributed by atoms with E-state index in [2.05, 4.69) is 46.7 Å². The predicted octanol–water partition coefficient (Wildman–Crippen LogP) is 0.391. The molecular formula is C8H11I2O6-. The molecule has 0 aromatic rings. The molecule has 0 amide bonds. The summed E-state index contributed by atoms with van der Waals surface area (Å²) in [6.45, 7) is 3.56. The molecule has 94 valence electrons. The fraction of sp³-hybridized carbons (Fsp3) is 0.625. The van der Waals surface area contributed by atoms with E-state index in [1.165, 1.54) is 6.92 Å². The molecule has 6 nitrogen and oxygen atoms in total. The largest absolute Gasteiger partial charge is 0.546 e. The molecule has 0 aliphatic carbocycles. The van der Waals surface area contributed by atoms with E-state index in [4.69, 9.17) is 0 Å². The topological polar surface area (TPSA) is 92.7 Å². The number of carboxylic acid groups (broad SMARTS) is 1. The Bertz CT molecular complexity index is 255. The molecule has 0 rings (SSSR count). The first-order chi connectivity index (χ1) is 7.34. The van der Waals surface area contributed by atoms with Crippen molar-refractivity contribution >= 4 is 55.1 Å². The number of ether oxygens (including phenoxy) is 2. The molecule has 2 unspecified atom stereocenters. The zero-order valence-electron chi connectivity index (χ0n) is 8.86. The zero-order valence-corrected chi connectivity index (χ0v) is 13.2.